The van der Waals surface area contributed by atoms with Crippen LogP contribution >= 0.6 is 0 Å². The quantitative estimate of drug-likeness (QED) is 0.896. The van der Waals surface area contributed by atoms with Gasteiger partial charge in [-0.2, -0.15) is 0 Å². The van der Waals surface area contributed by atoms with Crippen molar-refractivity contribution in [1.82, 2.24) is 10.2 Å². The van der Waals surface area contributed by atoms with Gasteiger partial charge in [-0.1, -0.05) is 13.8 Å². The van der Waals surface area contributed by atoms with Gasteiger partial charge in [-0.15, -0.1) is 0 Å². The molecule has 1 aromatic carbocycles. The van der Waals surface area contributed by atoms with Crippen LogP contribution in [0.5, 0.6) is 0 Å². The Morgan fingerprint density at radius 1 is 1.29 bits per heavy atom. The van der Waals surface area contributed by atoms with Gasteiger partial charge in [-0.05, 0) is 43.0 Å². The largest absolute Gasteiger partial charge is 0.335 e. The number of rotatable bonds is 4. The van der Waals surface area contributed by atoms with Crippen molar-refractivity contribution in [1.29, 1.82) is 0 Å². The fraction of sp³-hybridized carbons (Fsp3) is 0.562. The highest BCUT2D eigenvalue weighted by Gasteiger charge is 2.20. The number of anilines is 1. The molecule has 1 saturated heterocycles. The lowest BCUT2D eigenvalue weighted by Gasteiger charge is -2.33. The molecule has 2 rings (SSSR count). The molecule has 4 nitrogen and oxygen atoms in total. The number of hydrogen-bond acceptors (Lipinski definition) is 2. The molecule has 1 aromatic rings. The van der Waals surface area contributed by atoms with Crippen molar-refractivity contribution in [3.63, 3.8) is 0 Å². The van der Waals surface area contributed by atoms with Crippen LogP contribution in [0.3, 0.4) is 0 Å². The van der Waals surface area contributed by atoms with Gasteiger partial charge in [-0.3, -0.25) is 0 Å². The summed E-state index contributed by atoms with van der Waals surface area (Å²) in [5.41, 5.74) is 0.603. The van der Waals surface area contributed by atoms with Gasteiger partial charge in [0.15, 0.2) is 0 Å². The zero-order chi connectivity index (χ0) is 15.2. The zero-order valence-electron chi connectivity index (χ0n) is 12.7. The number of carbonyl (C=O) groups is 1. The number of piperidine rings is 1. The summed E-state index contributed by atoms with van der Waals surface area (Å²) in [5.74, 6) is 0.370. The van der Waals surface area contributed by atoms with Crippen molar-refractivity contribution >= 4 is 11.7 Å². The summed E-state index contributed by atoms with van der Waals surface area (Å²) in [6, 6.07) is 5.78. The highest BCUT2D eigenvalue weighted by atomic mass is 19.1. The molecule has 1 heterocycles. The zero-order valence-corrected chi connectivity index (χ0v) is 12.7. The summed E-state index contributed by atoms with van der Waals surface area (Å²) in [6.07, 6.45) is 1.95. The maximum atomic E-state index is 12.8. The van der Waals surface area contributed by atoms with Gasteiger partial charge >= 0.3 is 6.03 Å². The lowest BCUT2D eigenvalue weighted by Crippen LogP contribution is -2.46. The monoisotopic (exact) mass is 293 g/mol. The molecule has 2 N–H and O–H groups in total. The second kappa shape index (κ2) is 7.41. The number of hydrogen-bond donors (Lipinski definition) is 2. The fourth-order valence-corrected chi connectivity index (χ4v) is 2.66. The summed E-state index contributed by atoms with van der Waals surface area (Å²) < 4.78 is 12.8. The maximum Gasteiger partial charge on any atom is 0.319 e. The topological polar surface area (TPSA) is 44.4 Å². The lowest BCUT2D eigenvalue weighted by molar-refractivity contribution is 0.180. The summed E-state index contributed by atoms with van der Waals surface area (Å²) >= 11 is 0. The van der Waals surface area contributed by atoms with Gasteiger partial charge < -0.3 is 15.5 Å². The van der Waals surface area contributed by atoms with E-state index in [9.17, 15) is 9.18 Å². The number of nitrogens with zero attached hydrogens (tertiary/aromatic N) is 1. The molecule has 5 heteroatoms. The Morgan fingerprint density at radius 2 is 1.90 bits per heavy atom. The number of nitrogens with one attached hydrogen (secondary N) is 2. The summed E-state index contributed by atoms with van der Waals surface area (Å²) in [6.45, 7) is 7.62. The molecule has 0 aliphatic carbocycles. The van der Waals surface area contributed by atoms with Crippen LogP contribution in [0.4, 0.5) is 14.9 Å². The molecule has 1 aliphatic rings. The first-order chi connectivity index (χ1) is 10.0. The highest BCUT2D eigenvalue weighted by Crippen LogP contribution is 2.13. The van der Waals surface area contributed by atoms with Gasteiger partial charge in [0.05, 0.1) is 0 Å². The van der Waals surface area contributed by atoms with Crippen LogP contribution in [0.2, 0.25) is 0 Å². The third-order valence-corrected chi connectivity index (χ3v) is 3.65. The van der Waals surface area contributed by atoms with Gasteiger partial charge in [0.2, 0.25) is 0 Å². The molecular weight excluding hydrogens is 269 g/mol. The molecular formula is C16H24FN3O. The Kier molecular flexibility index (Phi) is 5.56. The predicted octanol–water partition coefficient (Wildman–Crippen LogP) is 3.07. The van der Waals surface area contributed by atoms with Crippen LogP contribution in [0, 0.1) is 11.7 Å². The molecule has 21 heavy (non-hydrogen) atoms. The molecule has 0 saturated carbocycles. The van der Waals surface area contributed by atoms with Crippen molar-refractivity contribution < 1.29 is 9.18 Å². The number of halogens is 1. The number of amides is 2. The van der Waals surface area contributed by atoms with Crippen LogP contribution in [0.15, 0.2) is 24.3 Å². The minimum atomic E-state index is -0.307. The van der Waals surface area contributed by atoms with E-state index in [0.717, 1.165) is 32.5 Å². The van der Waals surface area contributed by atoms with E-state index in [1.54, 1.807) is 12.1 Å². The molecule has 2 amide bonds. The SMILES string of the molecule is CC(C)CN1CCC(NC(=O)Nc2ccc(F)cc2)CC1. The first kappa shape index (κ1) is 15.8. The molecule has 0 unspecified atom stereocenters. The minimum Gasteiger partial charge on any atom is -0.335 e. The van der Waals surface area contributed by atoms with Crippen molar-refractivity contribution in [2.45, 2.75) is 32.7 Å². The Labute approximate surface area is 125 Å². The molecule has 1 fully saturated rings. The summed E-state index contributed by atoms with van der Waals surface area (Å²) in [5, 5.41) is 5.71. The van der Waals surface area contributed by atoms with Gasteiger partial charge in [0.1, 0.15) is 5.82 Å². The lowest BCUT2D eigenvalue weighted by atomic mass is 10.0. The van der Waals surface area contributed by atoms with Crippen LogP contribution < -0.4 is 10.6 Å². The third kappa shape index (κ3) is 5.34. The molecule has 0 radical (unpaired) electrons. The van der Waals surface area contributed by atoms with E-state index < -0.39 is 0 Å². The average Bonchev–Trinajstić information content (AvgIpc) is 2.43. The van der Waals surface area contributed by atoms with E-state index in [0.29, 0.717) is 11.6 Å². The second-order valence-electron chi connectivity index (χ2n) is 6.07. The fourth-order valence-electron chi connectivity index (χ4n) is 2.66. The summed E-state index contributed by atoms with van der Waals surface area (Å²) in [4.78, 5) is 14.3. The average molecular weight is 293 g/mol. The molecule has 116 valence electrons. The van der Waals surface area contributed by atoms with E-state index >= 15 is 0 Å². The predicted molar refractivity (Wildman–Crippen MR) is 82.9 cm³/mol. The number of urea groups is 1. The van der Waals surface area contributed by atoms with E-state index in [4.69, 9.17) is 0 Å². The second-order valence-corrected chi connectivity index (χ2v) is 6.07. The minimum absolute atomic E-state index is 0.217. The van der Waals surface area contributed by atoms with Crippen LogP contribution in [-0.2, 0) is 0 Å². The third-order valence-electron chi connectivity index (χ3n) is 3.65. The van der Waals surface area contributed by atoms with E-state index in [2.05, 4.69) is 29.4 Å². The van der Waals surface area contributed by atoms with Gasteiger partial charge in [-0.25, -0.2) is 9.18 Å². The number of likely N-dealkylation sites (tertiary alicyclic amines) is 1. The Hall–Kier alpha value is -1.62. The number of benzene rings is 1. The van der Waals surface area contributed by atoms with Crippen molar-refractivity contribution in [2.75, 3.05) is 25.0 Å². The molecule has 0 bridgehead atoms. The molecule has 1 aliphatic heterocycles. The molecule has 0 atom stereocenters. The smallest absolute Gasteiger partial charge is 0.319 e. The Morgan fingerprint density at radius 3 is 2.48 bits per heavy atom. The molecule has 0 aromatic heterocycles. The summed E-state index contributed by atoms with van der Waals surface area (Å²) in [7, 11) is 0. The van der Waals surface area contributed by atoms with Crippen molar-refractivity contribution in [2.24, 2.45) is 5.92 Å². The normalized spacial score (nSPS) is 17.0. The van der Waals surface area contributed by atoms with Gasteiger partial charge in [0, 0.05) is 31.4 Å². The Bertz CT molecular complexity index is 453. The van der Waals surface area contributed by atoms with E-state index in [1.165, 1.54) is 12.1 Å². The van der Waals surface area contributed by atoms with Gasteiger partial charge in [0.25, 0.3) is 0 Å². The van der Waals surface area contributed by atoms with Crippen molar-refractivity contribution in [3.05, 3.63) is 30.1 Å². The Balaban J connectivity index is 1.73. The van der Waals surface area contributed by atoms with Crippen molar-refractivity contribution in [3.8, 4) is 0 Å². The van der Waals surface area contributed by atoms with Crippen LogP contribution in [0.25, 0.3) is 0 Å². The standard InChI is InChI=1S/C16H24FN3O/c1-12(2)11-20-9-7-15(8-10-20)19-16(21)18-14-5-3-13(17)4-6-14/h3-6,12,15H,7-11H2,1-2H3,(H2,18,19,21). The van der Waals surface area contributed by atoms with Crippen LogP contribution in [0.1, 0.15) is 26.7 Å². The highest BCUT2D eigenvalue weighted by molar-refractivity contribution is 5.89. The maximum absolute atomic E-state index is 12.8. The van der Waals surface area contributed by atoms with Crippen LogP contribution in [-0.4, -0.2) is 36.6 Å². The first-order valence-corrected chi connectivity index (χ1v) is 7.58. The molecule has 0 spiro atoms. The first-order valence-electron chi connectivity index (χ1n) is 7.58. The van der Waals surface area contributed by atoms with E-state index in [-0.39, 0.29) is 17.9 Å². The number of carbonyl (C=O) groups excluding carboxylic acids is 1. The van der Waals surface area contributed by atoms with E-state index in [1.807, 2.05) is 0 Å².